The number of rotatable bonds is 21. The van der Waals surface area contributed by atoms with E-state index in [0.717, 1.165) is 42.8 Å². The summed E-state index contributed by atoms with van der Waals surface area (Å²) >= 11 is 0. The van der Waals surface area contributed by atoms with Crippen LogP contribution in [0.1, 0.15) is 140 Å². The molecule has 0 saturated heterocycles. The van der Waals surface area contributed by atoms with Crippen molar-refractivity contribution in [1.82, 2.24) is 0 Å². The van der Waals surface area contributed by atoms with Crippen LogP contribution in [0.15, 0.2) is 48.5 Å². The van der Waals surface area contributed by atoms with Gasteiger partial charge in [0.15, 0.2) is 0 Å². The van der Waals surface area contributed by atoms with Gasteiger partial charge in [-0.1, -0.05) is 110 Å². The van der Waals surface area contributed by atoms with E-state index in [1.54, 1.807) is 24.3 Å². The minimum atomic E-state index is -0.366. The van der Waals surface area contributed by atoms with Crippen LogP contribution in [0.4, 0.5) is 0 Å². The van der Waals surface area contributed by atoms with Gasteiger partial charge in [-0.15, -0.1) is 0 Å². The molecule has 0 N–H and O–H groups in total. The average Bonchev–Trinajstić information content (AvgIpc) is 3.00. The van der Waals surface area contributed by atoms with Crippen molar-refractivity contribution >= 4 is 5.97 Å². The predicted molar refractivity (Wildman–Crippen MR) is 170 cm³/mol. The summed E-state index contributed by atoms with van der Waals surface area (Å²) in [4.78, 5) is 12.6. The Morgan fingerprint density at radius 2 is 1.05 bits per heavy atom. The standard InChI is InChI=1S/C37H56O4/c1-3-5-7-8-9-10-11-15-29-39-34-23-21-33(22-24-34)37(38)41-36-27-25-35(26-28-36)40-30-16-20-32-19-14-13-18-31(32)17-12-6-4-2/h21-28,31-32H,3-20,29-30H2,1-2H3. The van der Waals surface area contributed by atoms with Crippen molar-refractivity contribution in [2.24, 2.45) is 11.8 Å². The number of carbonyl (C=O) groups is 1. The topological polar surface area (TPSA) is 44.8 Å². The van der Waals surface area contributed by atoms with Crippen LogP contribution in [0.5, 0.6) is 17.2 Å². The number of unbranched alkanes of at least 4 members (excludes halogenated alkanes) is 9. The van der Waals surface area contributed by atoms with Gasteiger partial charge in [0.05, 0.1) is 18.8 Å². The highest BCUT2D eigenvalue weighted by Crippen LogP contribution is 2.36. The second-order valence-corrected chi connectivity index (χ2v) is 12.0. The third-order valence-corrected chi connectivity index (χ3v) is 8.62. The van der Waals surface area contributed by atoms with Crippen LogP contribution in [0.2, 0.25) is 0 Å². The Labute approximate surface area is 250 Å². The molecule has 0 aliphatic heterocycles. The zero-order valence-corrected chi connectivity index (χ0v) is 26.0. The molecule has 2 aromatic carbocycles. The Kier molecular flexibility index (Phi) is 16.4. The second-order valence-electron chi connectivity index (χ2n) is 12.0. The highest BCUT2D eigenvalue weighted by Gasteiger charge is 2.24. The van der Waals surface area contributed by atoms with E-state index in [4.69, 9.17) is 14.2 Å². The van der Waals surface area contributed by atoms with Crippen molar-refractivity contribution in [2.75, 3.05) is 13.2 Å². The second kappa shape index (κ2) is 20.4. The van der Waals surface area contributed by atoms with Gasteiger partial charge in [0.25, 0.3) is 0 Å². The Morgan fingerprint density at radius 3 is 1.66 bits per heavy atom. The van der Waals surface area contributed by atoms with E-state index >= 15 is 0 Å². The van der Waals surface area contributed by atoms with E-state index in [9.17, 15) is 4.79 Å². The molecule has 0 aromatic heterocycles. The molecular formula is C37H56O4. The number of hydrogen-bond donors (Lipinski definition) is 0. The monoisotopic (exact) mass is 564 g/mol. The number of hydrogen-bond acceptors (Lipinski definition) is 4. The minimum absolute atomic E-state index is 0.366. The summed E-state index contributed by atoms with van der Waals surface area (Å²) in [5.74, 6) is 3.57. The molecule has 0 spiro atoms. The van der Waals surface area contributed by atoms with Crippen LogP contribution in [0, 0.1) is 11.8 Å². The van der Waals surface area contributed by atoms with Crippen LogP contribution in [0.3, 0.4) is 0 Å². The predicted octanol–water partition coefficient (Wildman–Crippen LogP) is 11.0. The summed E-state index contributed by atoms with van der Waals surface area (Å²) in [6, 6.07) is 14.6. The quantitative estimate of drug-likeness (QED) is 0.0859. The first-order valence-electron chi connectivity index (χ1n) is 16.9. The van der Waals surface area contributed by atoms with Crippen molar-refractivity contribution in [3.8, 4) is 17.2 Å². The van der Waals surface area contributed by atoms with Crippen LogP contribution in [0.25, 0.3) is 0 Å². The lowest BCUT2D eigenvalue weighted by Gasteiger charge is -2.31. The fourth-order valence-electron chi connectivity index (χ4n) is 6.12. The summed E-state index contributed by atoms with van der Waals surface area (Å²) in [6.07, 6.45) is 23.7. The molecule has 0 amide bonds. The third-order valence-electron chi connectivity index (χ3n) is 8.62. The van der Waals surface area contributed by atoms with E-state index in [0.29, 0.717) is 17.9 Å². The molecule has 2 atom stereocenters. The lowest BCUT2D eigenvalue weighted by atomic mass is 9.74. The first-order chi connectivity index (χ1) is 20.2. The molecule has 4 heteroatoms. The van der Waals surface area contributed by atoms with Crippen LogP contribution in [-0.4, -0.2) is 19.2 Å². The molecule has 3 rings (SSSR count). The molecule has 4 nitrogen and oxygen atoms in total. The van der Waals surface area contributed by atoms with E-state index in [1.807, 2.05) is 24.3 Å². The molecule has 0 heterocycles. The van der Waals surface area contributed by atoms with Gasteiger partial charge in [0, 0.05) is 0 Å². The minimum Gasteiger partial charge on any atom is -0.494 e. The van der Waals surface area contributed by atoms with Gasteiger partial charge in [-0.25, -0.2) is 4.79 Å². The number of ether oxygens (including phenoxy) is 3. The fraction of sp³-hybridized carbons (Fsp3) is 0.649. The smallest absolute Gasteiger partial charge is 0.343 e. The van der Waals surface area contributed by atoms with E-state index < -0.39 is 0 Å². The van der Waals surface area contributed by atoms with Gasteiger partial charge in [-0.3, -0.25) is 0 Å². The highest BCUT2D eigenvalue weighted by molar-refractivity contribution is 5.91. The van der Waals surface area contributed by atoms with Crippen LogP contribution < -0.4 is 14.2 Å². The maximum absolute atomic E-state index is 12.6. The normalized spacial score (nSPS) is 16.8. The molecule has 228 valence electrons. The van der Waals surface area contributed by atoms with Crippen molar-refractivity contribution in [1.29, 1.82) is 0 Å². The zero-order chi connectivity index (χ0) is 29.0. The largest absolute Gasteiger partial charge is 0.494 e. The number of carbonyl (C=O) groups excluding carboxylic acids is 1. The van der Waals surface area contributed by atoms with Gasteiger partial charge >= 0.3 is 5.97 Å². The van der Waals surface area contributed by atoms with Gasteiger partial charge in [-0.2, -0.15) is 0 Å². The Morgan fingerprint density at radius 1 is 0.585 bits per heavy atom. The number of benzene rings is 2. The van der Waals surface area contributed by atoms with Crippen molar-refractivity contribution in [3.63, 3.8) is 0 Å². The van der Waals surface area contributed by atoms with Crippen LogP contribution >= 0.6 is 0 Å². The molecule has 2 unspecified atom stereocenters. The van der Waals surface area contributed by atoms with Crippen molar-refractivity contribution in [2.45, 2.75) is 129 Å². The Bertz CT molecular complexity index is 936. The summed E-state index contributed by atoms with van der Waals surface area (Å²) in [6.45, 7) is 6.00. The van der Waals surface area contributed by atoms with Gasteiger partial charge in [-0.05, 0) is 79.6 Å². The lowest BCUT2D eigenvalue weighted by Crippen LogP contribution is -2.20. The summed E-state index contributed by atoms with van der Waals surface area (Å²) in [7, 11) is 0. The van der Waals surface area contributed by atoms with E-state index in [-0.39, 0.29) is 5.97 Å². The third kappa shape index (κ3) is 13.4. The molecule has 1 fully saturated rings. The summed E-state index contributed by atoms with van der Waals surface area (Å²) in [5, 5.41) is 0. The Hall–Kier alpha value is -2.49. The highest BCUT2D eigenvalue weighted by atomic mass is 16.5. The van der Waals surface area contributed by atoms with Crippen LogP contribution in [-0.2, 0) is 0 Å². The van der Waals surface area contributed by atoms with Gasteiger partial charge in [0.2, 0.25) is 0 Å². The van der Waals surface area contributed by atoms with Crippen molar-refractivity contribution < 1.29 is 19.0 Å². The molecule has 2 aromatic rings. The summed E-state index contributed by atoms with van der Waals surface area (Å²) in [5.41, 5.74) is 0.514. The van der Waals surface area contributed by atoms with E-state index in [1.165, 1.54) is 103 Å². The Balaban J connectivity index is 1.30. The number of esters is 1. The zero-order valence-electron chi connectivity index (χ0n) is 26.0. The van der Waals surface area contributed by atoms with E-state index in [2.05, 4.69) is 13.8 Å². The molecule has 1 saturated carbocycles. The average molecular weight is 565 g/mol. The molecule has 0 bridgehead atoms. The molecular weight excluding hydrogens is 508 g/mol. The first-order valence-corrected chi connectivity index (χ1v) is 16.9. The van der Waals surface area contributed by atoms with Gasteiger partial charge < -0.3 is 14.2 Å². The maximum atomic E-state index is 12.6. The fourth-order valence-corrected chi connectivity index (χ4v) is 6.12. The van der Waals surface area contributed by atoms with Gasteiger partial charge in [0.1, 0.15) is 17.2 Å². The molecule has 1 aliphatic rings. The maximum Gasteiger partial charge on any atom is 0.343 e. The molecule has 41 heavy (non-hydrogen) atoms. The van der Waals surface area contributed by atoms with Crippen molar-refractivity contribution in [3.05, 3.63) is 54.1 Å². The SMILES string of the molecule is CCCCCCCCCCOc1ccc(C(=O)Oc2ccc(OCCCC3CCCCC3CCCCC)cc2)cc1. The molecule has 0 radical (unpaired) electrons. The molecule has 1 aliphatic carbocycles. The first kappa shape index (κ1) is 33.0. The summed E-state index contributed by atoms with van der Waals surface area (Å²) < 4.78 is 17.4. The lowest BCUT2D eigenvalue weighted by molar-refractivity contribution is 0.0734.